The van der Waals surface area contributed by atoms with E-state index in [4.69, 9.17) is 31.9 Å². The number of carbonyl (C=O) groups is 1. The number of carboxylic acids is 1. The van der Waals surface area contributed by atoms with E-state index >= 15 is 0 Å². The number of nitrogens with zero attached hydrogens (tertiary/aromatic N) is 1. The summed E-state index contributed by atoms with van der Waals surface area (Å²) in [7, 11) is 0. The smallest absolute Gasteiger partial charge is 0.320 e. The van der Waals surface area contributed by atoms with Gasteiger partial charge in [-0.1, -0.05) is 6.42 Å². The Balaban J connectivity index is 0. The summed E-state index contributed by atoms with van der Waals surface area (Å²) in [5.41, 5.74) is 10.4. The van der Waals surface area contributed by atoms with E-state index in [-0.39, 0.29) is 20.2 Å². The molecule has 0 aromatic heterocycles. The van der Waals surface area contributed by atoms with Crippen LogP contribution in [0.25, 0.3) is 0 Å². The molecule has 0 rings (SSSR count). The zero-order valence-electron chi connectivity index (χ0n) is 9.83. The standard InChI is InChI=1S/C6H14N2O2.C3H9NO3/c7-4-2-1-3-5(8)6(9)10;5-1-4(2-6)3-7/h5H,1-4,7-8H2,(H,9,10);5-7H,1-3H2. The average molecular weight is 253 g/mol. The first-order valence-corrected chi connectivity index (χ1v) is 5.26. The van der Waals surface area contributed by atoms with Crippen molar-refractivity contribution in [3.63, 3.8) is 0 Å². The van der Waals surface area contributed by atoms with Crippen LogP contribution in [0.15, 0.2) is 0 Å². The van der Waals surface area contributed by atoms with Crippen LogP contribution in [-0.4, -0.2) is 64.1 Å². The van der Waals surface area contributed by atoms with Crippen LogP contribution >= 0.6 is 0 Å². The second-order valence-electron chi connectivity index (χ2n) is 3.32. The molecule has 0 saturated carbocycles. The van der Waals surface area contributed by atoms with Gasteiger partial charge in [0, 0.05) is 0 Å². The van der Waals surface area contributed by atoms with Gasteiger partial charge in [0.15, 0.2) is 0 Å². The van der Waals surface area contributed by atoms with Crippen molar-refractivity contribution >= 4 is 5.97 Å². The summed E-state index contributed by atoms with van der Waals surface area (Å²) in [6, 6.07) is -0.716. The van der Waals surface area contributed by atoms with Gasteiger partial charge >= 0.3 is 5.97 Å². The van der Waals surface area contributed by atoms with Gasteiger partial charge in [-0.25, -0.2) is 4.90 Å². The number of nitrogens with two attached hydrogens (primary N) is 2. The summed E-state index contributed by atoms with van der Waals surface area (Å²) in [5, 5.41) is 32.7. The lowest BCUT2D eigenvalue weighted by Crippen LogP contribution is -2.29. The Bertz CT molecular complexity index is 173. The van der Waals surface area contributed by atoms with Gasteiger partial charge in [-0.3, -0.25) is 4.79 Å². The first-order chi connectivity index (χ1) is 8.03. The molecule has 0 aromatic carbocycles. The van der Waals surface area contributed by atoms with Gasteiger partial charge in [0.2, 0.25) is 0 Å². The fourth-order valence-corrected chi connectivity index (χ4v) is 0.766. The van der Waals surface area contributed by atoms with Crippen LogP contribution in [0, 0.1) is 0 Å². The van der Waals surface area contributed by atoms with E-state index in [0.29, 0.717) is 13.0 Å². The normalized spacial score (nSPS) is 11.9. The van der Waals surface area contributed by atoms with Crippen LogP contribution in [0.3, 0.4) is 0 Å². The Labute approximate surface area is 100 Å². The second kappa shape index (κ2) is 13.3. The molecule has 8 nitrogen and oxygen atoms in total. The van der Waals surface area contributed by atoms with E-state index in [0.717, 1.165) is 17.7 Å². The Morgan fingerprint density at radius 3 is 1.82 bits per heavy atom. The maximum Gasteiger partial charge on any atom is 0.320 e. The van der Waals surface area contributed by atoms with Crippen molar-refractivity contribution in [2.24, 2.45) is 11.5 Å². The number of hydrogen-bond donors (Lipinski definition) is 6. The molecule has 0 amide bonds. The highest BCUT2D eigenvalue weighted by Gasteiger charge is 2.09. The molecule has 8 N–H and O–H groups in total. The minimum Gasteiger partial charge on any atom is -0.480 e. The van der Waals surface area contributed by atoms with Crippen LogP contribution in [-0.2, 0) is 4.79 Å². The quantitative estimate of drug-likeness (QED) is 0.208. The molecular weight excluding hydrogens is 230 g/mol. The third-order valence-electron chi connectivity index (χ3n) is 1.89. The Morgan fingerprint density at radius 1 is 1.12 bits per heavy atom. The zero-order chi connectivity index (χ0) is 13.7. The number of aliphatic hydroxyl groups excluding tert-OH is 3. The molecule has 1 atom stereocenters. The molecule has 104 valence electrons. The second-order valence-corrected chi connectivity index (χ2v) is 3.32. The Morgan fingerprint density at radius 2 is 1.59 bits per heavy atom. The predicted octanol–water partition coefficient (Wildman–Crippen LogP) is -2.33. The Hall–Kier alpha value is -0.770. The first kappa shape index (κ1) is 18.6. The molecule has 0 aliphatic rings. The van der Waals surface area contributed by atoms with Gasteiger partial charge in [-0.05, 0) is 19.4 Å². The van der Waals surface area contributed by atoms with Crippen molar-refractivity contribution in [2.45, 2.75) is 25.3 Å². The van der Waals surface area contributed by atoms with Gasteiger partial charge in [0.25, 0.3) is 0 Å². The highest BCUT2D eigenvalue weighted by atomic mass is 16.4. The number of carboxylic acid groups (broad SMARTS) is 1. The molecule has 0 aliphatic heterocycles. The minimum absolute atomic E-state index is 0.312. The number of hydrogen-bond acceptors (Lipinski definition) is 7. The lowest BCUT2D eigenvalue weighted by atomic mass is 10.1. The molecule has 0 fully saturated rings. The molecule has 0 heterocycles. The van der Waals surface area contributed by atoms with E-state index in [9.17, 15) is 4.79 Å². The van der Waals surface area contributed by atoms with Gasteiger partial charge in [-0.2, -0.15) is 0 Å². The van der Waals surface area contributed by atoms with Crippen molar-refractivity contribution in [3.05, 3.63) is 0 Å². The number of aliphatic carboxylic acids is 1. The van der Waals surface area contributed by atoms with E-state index in [1.54, 1.807) is 0 Å². The zero-order valence-corrected chi connectivity index (χ0v) is 9.83. The van der Waals surface area contributed by atoms with Crippen LogP contribution in [0.1, 0.15) is 19.3 Å². The summed E-state index contributed by atoms with van der Waals surface area (Å²) < 4.78 is 0. The first-order valence-electron chi connectivity index (χ1n) is 5.26. The van der Waals surface area contributed by atoms with Crippen molar-refractivity contribution in [1.29, 1.82) is 0 Å². The molecule has 0 aliphatic carbocycles. The highest BCUT2D eigenvalue weighted by molar-refractivity contribution is 5.72. The molecule has 0 bridgehead atoms. The minimum atomic E-state index is -0.933. The number of rotatable bonds is 8. The van der Waals surface area contributed by atoms with Crippen LogP contribution in [0.5, 0.6) is 0 Å². The van der Waals surface area contributed by atoms with Crippen molar-refractivity contribution < 1.29 is 25.2 Å². The van der Waals surface area contributed by atoms with Crippen LogP contribution in [0.4, 0.5) is 0 Å². The largest absolute Gasteiger partial charge is 0.480 e. The van der Waals surface area contributed by atoms with E-state index in [2.05, 4.69) is 0 Å². The molecule has 0 aromatic rings. The maximum absolute atomic E-state index is 10.1. The molecule has 0 saturated heterocycles. The molecule has 17 heavy (non-hydrogen) atoms. The monoisotopic (exact) mass is 253 g/mol. The third-order valence-corrected chi connectivity index (χ3v) is 1.89. The summed E-state index contributed by atoms with van der Waals surface area (Å²) in [6.45, 7) is -0.334. The maximum atomic E-state index is 10.1. The van der Waals surface area contributed by atoms with E-state index in [1.807, 2.05) is 0 Å². The lowest BCUT2D eigenvalue weighted by Gasteiger charge is -2.09. The van der Waals surface area contributed by atoms with Gasteiger partial charge in [0.1, 0.15) is 6.04 Å². The van der Waals surface area contributed by atoms with Crippen molar-refractivity contribution in [2.75, 3.05) is 26.7 Å². The van der Waals surface area contributed by atoms with Crippen molar-refractivity contribution in [3.8, 4) is 0 Å². The Kier molecular flexibility index (Phi) is 14.5. The fourth-order valence-electron chi connectivity index (χ4n) is 0.766. The third kappa shape index (κ3) is 13.2. The van der Waals surface area contributed by atoms with Gasteiger partial charge < -0.3 is 31.9 Å². The molecule has 8 heteroatoms. The van der Waals surface area contributed by atoms with Crippen molar-refractivity contribution in [1.82, 2.24) is 4.90 Å². The number of aliphatic hydroxyl groups is 3. The van der Waals surface area contributed by atoms with E-state index < -0.39 is 12.0 Å². The molecule has 1 unspecified atom stereocenters. The molecule has 0 spiro atoms. The summed E-state index contributed by atoms with van der Waals surface area (Å²) in [5.74, 6) is -0.933. The predicted molar refractivity (Wildman–Crippen MR) is 61.6 cm³/mol. The summed E-state index contributed by atoms with van der Waals surface area (Å²) >= 11 is 0. The molecule has 0 radical (unpaired) electrons. The average Bonchev–Trinajstić information content (AvgIpc) is 2.32. The van der Waals surface area contributed by atoms with Crippen LogP contribution in [0.2, 0.25) is 0 Å². The molecular formula is C9H23N3O5. The topological polar surface area (TPSA) is 153 Å². The lowest BCUT2D eigenvalue weighted by molar-refractivity contribution is -0.138. The summed E-state index contributed by atoms with van der Waals surface area (Å²) in [4.78, 5) is 11.2. The van der Waals surface area contributed by atoms with Crippen LogP contribution < -0.4 is 11.5 Å². The van der Waals surface area contributed by atoms with Gasteiger partial charge in [0.05, 0.1) is 20.2 Å². The SMILES string of the molecule is NCCCCC(N)C(=O)O.OCN(CO)CO. The highest BCUT2D eigenvalue weighted by Crippen LogP contribution is 1.96. The summed E-state index contributed by atoms with van der Waals surface area (Å²) in [6.07, 6.45) is 2.16. The number of unbranched alkanes of at least 4 members (excludes halogenated alkanes) is 1. The van der Waals surface area contributed by atoms with Gasteiger partial charge in [-0.15, -0.1) is 0 Å². The van der Waals surface area contributed by atoms with E-state index in [1.165, 1.54) is 0 Å². The fraction of sp³-hybridized carbons (Fsp3) is 0.889.